The summed E-state index contributed by atoms with van der Waals surface area (Å²) in [7, 11) is -3.33. The Morgan fingerprint density at radius 1 is 0.960 bits per heavy atom. The van der Waals surface area contributed by atoms with Crippen molar-refractivity contribution in [3.8, 4) is 0 Å². The Bertz CT molecular complexity index is 685. The quantitative estimate of drug-likeness (QED) is 0.845. The van der Waals surface area contributed by atoms with Gasteiger partial charge in [0.1, 0.15) is 0 Å². The van der Waals surface area contributed by atoms with Crippen LogP contribution in [0.4, 0.5) is 0 Å². The first-order valence-corrected chi connectivity index (χ1v) is 10.6. The highest BCUT2D eigenvalue weighted by Gasteiger charge is 2.34. The van der Waals surface area contributed by atoms with Crippen molar-refractivity contribution >= 4 is 22.6 Å². The van der Waals surface area contributed by atoms with E-state index in [0.29, 0.717) is 32.2 Å². The Balaban J connectivity index is 0.00000182. The minimum Gasteiger partial charge on any atom is -0.314 e. The lowest BCUT2D eigenvalue weighted by atomic mass is 10.0. The summed E-state index contributed by atoms with van der Waals surface area (Å²) in [5, 5.41) is 3.61. The minimum atomic E-state index is -3.33. The van der Waals surface area contributed by atoms with Crippen molar-refractivity contribution in [3.63, 3.8) is 0 Å². The number of nitrogens with zero attached hydrogens (tertiary/aromatic N) is 2. The average Bonchev–Trinajstić information content (AvgIpc) is 3.44. The van der Waals surface area contributed by atoms with Gasteiger partial charge in [0.2, 0.25) is 0 Å². The molecule has 0 atom stereocenters. The summed E-state index contributed by atoms with van der Waals surface area (Å²) in [5.74, 6) is 0.875. The van der Waals surface area contributed by atoms with E-state index in [0.717, 1.165) is 37.3 Å². The predicted molar refractivity (Wildman–Crippen MR) is 102 cm³/mol. The van der Waals surface area contributed by atoms with Crippen molar-refractivity contribution in [3.05, 3.63) is 35.4 Å². The zero-order valence-corrected chi connectivity index (χ0v) is 16.2. The molecule has 2 heterocycles. The third-order valence-corrected chi connectivity index (χ3v) is 7.58. The molecule has 1 saturated carbocycles. The first-order valence-electron chi connectivity index (χ1n) is 9.18. The first-order chi connectivity index (χ1) is 11.6. The van der Waals surface area contributed by atoms with Crippen LogP contribution in [0.25, 0.3) is 0 Å². The van der Waals surface area contributed by atoms with Crippen LogP contribution in [0.1, 0.15) is 36.8 Å². The van der Waals surface area contributed by atoms with Crippen LogP contribution >= 0.6 is 12.4 Å². The molecule has 25 heavy (non-hydrogen) atoms. The van der Waals surface area contributed by atoms with E-state index < -0.39 is 10.2 Å². The van der Waals surface area contributed by atoms with Crippen molar-refractivity contribution < 1.29 is 8.42 Å². The highest BCUT2D eigenvalue weighted by atomic mass is 35.5. The summed E-state index contributed by atoms with van der Waals surface area (Å²) in [6, 6.07) is 8.66. The van der Waals surface area contributed by atoms with E-state index in [1.807, 2.05) is 18.2 Å². The Kier molecular flexibility index (Phi) is 6.06. The fourth-order valence-corrected chi connectivity index (χ4v) is 5.40. The normalized spacial score (nSPS) is 23.0. The molecule has 1 aromatic carbocycles. The van der Waals surface area contributed by atoms with Crippen LogP contribution in [0.3, 0.4) is 0 Å². The van der Waals surface area contributed by atoms with Gasteiger partial charge in [0.15, 0.2) is 0 Å². The molecule has 1 aliphatic carbocycles. The summed E-state index contributed by atoms with van der Waals surface area (Å²) in [6.45, 7) is 3.50. The largest absolute Gasteiger partial charge is 0.314 e. The predicted octanol–water partition coefficient (Wildman–Crippen LogP) is 2.18. The Morgan fingerprint density at radius 2 is 1.64 bits per heavy atom. The highest BCUT2D eigenvalue weighted by Crippen LogP contribution is 2.28. The van der Waals surface area contributed by atoms with Gasteiger partial charge in [0, 0.05) is 32.2 Å². The molecule has 4 rings (SSSR count). The van der Waals surface area contributed by atoms with Crippen LogP contribution < -0.4 is 5.32 Å². The SMILES string of the molecule is Cl.O=S(=O)(N1CCC(NCC2CC2)CC1)N1CCc2ccccc2C1. The number of hydrogen-bond acceptors (Lipinski definition) is 3. The third-order valence-electron chi connectivity index (χ3n) is 5.59. The molecule has 1 aromatic rings. The Hall–Kier alpha value is -0.660. The lowest BCUT2D eigenvalue weighted by molar-refractivity contribution is 0.261. The summed E-state index contributed by atoms with van der Waals surface area (Å²) in [4.78, 5) is 0. The molecule has 0 spiro atoms. The first kappa shape index (κ1) is 19.1. The van der Waals surface area contributed by atoms with Crippen molar-refractivity contribution in [2.45, 2.75) is 44.7 Å². The highest BCUT2D eigenvalue weighted by molar-refractivity contribution is 7.86. The van der Waals surface area contributed by atoms with Crippen molar-refractivity contribution in [1.82, 2.24) is 13.9 Å². The molecule has 0 amide bonds. The molecule has 0 aromatic heterocycles. The number of halogens is 1. The van der Waals surface area contributed by atoms with Crippen molar-refractivity contribution in [2.24, 2.45) is 5.92 Å². The van der Waals surface area contributed by atoms with E-state index in [1.54, 1.807) is 8.61 Å². The molecular formula is C18H28ClN3O2S. The second kappa shape index (κ2) is 7.92. The van der Waals surface area contributed by atoms with Crippen LogP contribution in [0.2, 0.25) is 0 Å². The fourth-order valence-electron chi connectivity index (χ4n) is 3.78. The van der Waals surface area contributed by atoms with Gasteiger partial charge in [-0.1, -0.05) is 24.3 Å². The lowest BCUT2D eigenvalue weighted by Gasteiger charge is -2.37. The summed E-state index contributed by atoms with van der Waals surface area (Å²) in [5.41, 5.74) is 2.43. The molecule has 0 bridgehead atoms. The van der Waals surface area contributed by atoms with Gasteiger partial charge in [-0.05, 0) is 55.7 Å². The number of fused-ring (bicyclic) bond motifs is 1. The molecule has 0 radical (unpaired) electrons. The topological polar surface area (TPSA) is 52.7 Å². The monoisotopic (exact) mass is 385 g/mol. The maximum atomic E-state index is 13.0. The zero-order valence-electron chi connectivity index (χ0n) is 14.6. The van der Waals surface area contributed by atoms with E-state index in [1.165, 1.54) is 18.4 Å². The van der Waals surface area contributed by atoms with Crippen molar-refractivity contribution in [2.75, 3.05) is 26.2 Å². The van der Waals surface area contributed by atoms with Crippen LogP contribution in [0.5, 0.6) is 0 Å². The summed E-state index contributed by atoms with van der Waals surface area (Å²) < 4.78 is 29.3. The third kappa shape index (κ3) is 4.37. The molecule has 1 saturated heterocycles. The van der Waals surface area contributed by atoms with Crippen LogP contribution in [-0.2, 0) is 23.2 Å². The lowest BCUT2D eigenvalue weighted by Crippen LogP contribution is -2.51. The molecule has 7 heteroatoms. The number of benzene rings is 1. The summed E-state index contributed by atoms with van der Waals surface area (Å²) >= 11 is 0. The maximum absolute atomic E-state index is 13.0. The van der Waals surface area contributed by atoms with Gasteiger partial charge in [0.25, 0.3) is 10.2 Å². The van der Waals surface area contributed by atoms with Gasteiger partial charge in [-0.15, -0.1) is 12.4 Å². The Morgan fingerprint density at radius 3 is 2.32 bits per heavy atom. The zero-order chi connectivity index (χ0) is 16.6. The molecule has 140 valence electrons. The number of piperidine rings is 1. The van der Waals surface area contributed by atoms with Gasteiger partial charge < -0.3 is 5.32 Å². The number of hydrogen-bond donors (Lipinski definition) is 1. The number of nitrogens with one attached hydrogen (secondary N) is 1. The molecule has 1 N–H and O–H groups in total. The van der Waals surface area contributed by atoms with E-state index >= 15 is 0 Å². The molecular weight excluding hydrogens is 358 g/mol. The molecule has 2 fully saturated rings. The maximum Gasteiger partial charge on any atom is 0.282 e. The fraction of sp³-hybridized carbons (Fsp3) is 0.667. The molecule has 3 aliphatic rings. The van der Waals surface area contributed by atoms with Gasteiger partial charge in [-0.3, -0.25) is 0 Å². The molecule has 2 aliphatic heterocycles. The van der Waals surface area contributed by atoms with Gasteiger partial charge in [0.05, 0.1) is 0 Å². The second-order valence-electron chi connectivity index (χ2n) is 7.38. The van der Waals surface area contributed by atoms with Gasteiger partial charge >= 0.3 is 0 Å². The summed E-state index contributed by atoms with van der Waals surface area (Å²) in [6.07, 6.45) is 5.38. The van der Waals surface area contributed by atoms with Crippen LogP contribution in [0, 0.1) is 5.92 Å². The van der Waals surface area contributed by atoms with Crippen LogP contribution in [0.15, 0.2) is 24.3 Å². The average molecular weight is 386 g/mol. The smallest absolute Gasteiger partial charge is 0.282 e. The van der Waals surface area contributed by atoms with Gasteiger partial charge in [-0.25, -0.2) is 0 Å². The number of rotatable bonds is 5. The van der Waals surface area contributed by atoms with Crippen molar-refractivity contribution in [1.29, 1.82) is 0 Å². The second-order valence-corrected chi connectivity index (χ2v) is 9.31. The van der Waals surface area contributed by atoms with E-state index in [4.69, 9.17) is 0 Å². The minimum absolute atomic E-state index is 0. The van der Waals surface area contributed by atoms with E-state index in [9.17, 15) is 8.42 Å². The van der Waals surface area contributed by atoms with Crippen LogP contribution in [-0.4, -0.2) is 49.2 Å². The standard InChI is InChI=1S/C18H27N3O2S.ClH/c22-24(23,21-10-7-16-3-1-2-4-17(16)14-21)20-11-8-18(9-12-20)19-13-15-5-6-15;/h1-4,15,18-19H,5-14H2;1H. The molecule has 5 nitrogen and oxygen atoms in total. The molecule has 0 unspecified atom stereocenters. The van der Waals surface area contributed by atoms with Gasteiger partial charge in [-0.2, -0.15) is 17.0 Å². The Labute approximate surface area is 157 Å². The van der Waals surface area contributed by atoms with E-state index in [2.05, 4.69) is 11.4 Å². The van der Waals surface area contributed by atoms with E-state index in [-0.39, 0.29) is 12.4 Å².